The van der Waals surface area contributed by atoms with Crippen LogP contribution in [0.2, 0.25) is 0 Å². The summed E-state index contributed by atoms with van der Waals surface area (Å²) in [5.41, 5.74) is -0.238. The van der Waals surface area contributed by atoms with Crippen LogP contribution in [0.5, 0.6) is 0 Å². The molecule has 1 aliphatic carbocycles. The maximum Gasteiger partial charge on any atom is 0.230 e. The van der Waals surface area contributed by atoms with E-state index in [4.69, 9.17) is 5.26 Å². The molecule has 1 heterocycles. The maximum atomic E-state index is 12.4. The number of carbonyl (C=O) groups excluding carboxylic acids is 1. The van der Waals surface area contributed by atoms with E-state index < -0.39 is 0 Å². The van der Waals surface area contributed by atoms with Gasteiger partial charge in [-0.25, -0.2) is 0 Å². The van der Waals surface area contributed by atoms with Crippen LogP contribution in [0.1, 0.15) is 32.6 Å². The van der Waals surface area contributed by atoms with E-state index in [1.807, 2.05) is 11.8 Å². The molecular formula is C12H19N3O. The van der Waals surface area contributed by atoms with Crippen molar-refractivity contribution in [3.63, 3.8) is 0 Å². The Bertz CT molecular complexity index is 311. The first-order valence-electron chi connectivity index (χ1n) is 6.06. The standard InChI is InChI=1S/C12H19N3O/c1-12(5-7-14-9-12)11(16)15(8-2-6-13)10-3-4-10/h10,14H,2-5,7-9H2,1H3. The van der Waals surface area contributed by atoms with Crippen LogP contribution in [-0.4, -0.2) is 36.5 Å². The van der Waals surface area contributed by atoms with E-state index in [-0.39, 0.29) is 11.3 Å². The Morgan fingerprint density at radius 3 is 2.88 bits per heavy atom. The number of nitrogens with one attached hydrogen (secondary N) is 1. The summed E-state index contributed by atoms with van der Waals surface area (Å²) in [6.45, 7) is 4.35. The molecule has 0 radical (unpaired) electrons. The summed E-state index contributed by atoms with van der Waals surface area (Å²) in [6.07, 6.45) is 3.59. The van der Waals surface area contributed by atoms with Crippen molar-refractivity contribution in [2.24, 2.45) is 5.41 Å². The third-order valence-electron chi connectivity index (χ3n) is 3.60. The molecule has 1 aliphatic heterocycles. The number of nitrogens with zero attached hydrogens (tertiary/aromatic N) is 2. The van der Waals surface area contributed by atoms with Gasteiger partial charge in [0.1, 0.15) is 0 Å². The SMILES string of the molecule is CC1(C(=O)N(CCC#N)C2CC2)CCNC1. The van der Waals surface area contributed by atoms with E-state index in [2.05, 4.69) is 11.4 Å². The quantitative estimate of drug-likeness (QED) is 0.767. The fourth-order valence-electron chi connectivity index (χ4n) is 2.35. The van der Waals surface area contributed by atoms with E-state index in [1.54, 1.807) is 0 Å². The van der Waals surface area contributed by atoms with Crippen molar-refractivity contribution in [2.45, 2.75) is 38.6 Å². The normalized spacial score (nSPS) is 28.8. The van der Waals surface area contributed by atoms with Gasteiger partial charge in [-0.05, 0) is 32.7 Å². The largest absolute Gasteiger partial charge is 0.338 e. The first-order valence-corrected chi connectivity index (χ1v) is 6.06. The van der Waals surface area contributed by atoms with Gasteiger partial charge in [0.2, 0.25) is 5.91 Å². The summed E-state index contributed by atoms with van der Waals surface area (Å²) < 4.78 is 0. The lowest BCUT2D eigenvalue weighted by atomic mass is 9.88. The van der Waals surface area contributed by atoms with E-state index in [1.165, 1.54) is 0 Å². The molecule has 4 nitrogen and oxygen atoms in total. The molecule has 4 heteroatoms. The van der Waals surface area contributed by atoms with Crippen molar-refractivity contribution in [1.29, 1.82) is 5.26 Å². The monoisotopic (exact) mass is 221 g/mol. The summed E-state index contributed by atoms with van der Waals surface area (Å²) in [7, 11) is 0. The van der Waals surface area contributed by atoms with Crippen molar-refractivity contribution in [2.75, 3.05) is 19.6 Å². The molecule has 1 N–H and O–H groups in total. The Morgan fingerprint density at radius 1 is 1.62 bits per heavy atom. The molecule has 0 spiro atoms. The molecule has 1 amide bonds. The molecule has 0 aromatic heterocycles. The topological polar surface area (TPSA) is 56.1 Å². The number of amides is 1. The second-order valence-electron chi connectivity index (χ2n) is 5.13. The molecule has 2 aliphatic rings. The third kappa shape index (κ3) is 2.19. The molecule has 1 saturated carbocycles. The Morgan fingerprint density at radius 2 is 2.38 bits per heavy atom. The molecule has 1 atom stereocenters. The van der Waals surface area contributed by atoms with Crippen LogP contribution in [0, 0.1) is 16.7 Å². The van der Waals surface area contributed by atoms with Gasteiger partial charge in [0.15, 0.2) is 0 Å². The van der Waals surface area contributed by atoms with Crippen molar-refractivity contribution < 1.29 is 4.79 Å². The van der Waals surface area contributed by atoms with Crippen molar-refractivity contribution in [3.8, 4) is 6.07 Å². The second-order valence-corrected chi connectivity index (χ2v) is 5.13. The molecule has 2 fully saturated rings. The number of nitriles is 1. The van der Waals surface area contributed by atoms with Crippen LogP contribution in [0.3, 0.4) is 0 Å². The van der Waals surface area contributed by atoms with Gasteiger partial charge >= 0.3 is 0 Å². The summed E-state index contributed by atoms with van der Waals surface area (Å²) in [6, 6.07) is 2.54. The lowest BCUT2D eigenvalue weighted by Gasteiger charge is -2.30. The van der Waals surface area contributed by atoms with Gasteiger partial charge in [-0.2, -0.15) is 5.26 Å². The molecule has 1 saturated heterocycles. The van der Waals surface area contributed by atoms with E-state index >= 15 is 0 Å². The van der Waals surface area contributed by atoms with Crippen LogP contribution < -0.4 is 5.32 Å². The van der Waals surface area contributed by atoms with Gasteiger partial charge in [0.05, 0.1) is 17.9 Å². The Hall–Kier alpha value is -1.08. The predicted molar refractivity (Wildman–Crippen MR) is 60.6 cm³/mol. The zero-order chi connectivity index (χ0) is 11.6. The van der Waals surface area contributed by atoms with Crippen LogP contribution in [-0.2, 0) is 4.79 Å². The highest BCUT2D eigenvalue weighted by Crippen LogP contribution is 2.34. The van der Waals surface area contributed by atoms with Crippen LogP contribution in [0.15, 0.2) is 0 Å². The minimum Gasteiger partial charge on any atom is -0.338 e. The average Bonchev–Trinajstić information content (AvgIpc) is 3.01. The van der Waals surface area contributed by atoms with Crippen molar-refractivity contribution >= 4 is 5.91 Å². The second kappa shape index (κ2) is 4.42. The molecule has 0 aromatic carbocycles. The van der Waals surface area contributed by atoms with Crippen LogP contribution >= 0.6 is 0 Å². The zero-order valence-electron chi connectivity index (χ0n) is 9.83. The minimum atomic E-state index is -0.238. The minimum absolute atomic E-state index is 0.238. The highest BCUT2D eigenvalue weighted by molar-refractivity contribution is 5.83. The lowest BCUT2D eigenvalue weighted by molar-refractivity contribution is -0.140. The van der Waals surface area contributed by atoms with Crippen molar-refractivity contribution in [1.82, 2.24) is 10.2 Å². The summed E-state index contributed by atoms with van der Waals surface area (Å²) in [4.78, 5) is 14.4. The first kappa shape index (κ1) is 11.4. The highest BCUT2D eigenvalue weighted by atomic mass is 16.2. The zero-order valence-corrected chi connectivity index (χ0v) is 9.83. The molecule has 1 unspecified atom stereocenters. The maximum absolute atomic E-state index is 12.4. The third-order valence-corrected chi connectivity index (χ3v) is 3.60. The molecule has 88 valence electrons. The number of rotatable bonds is 4. The molecule has 0 bridgehead atoms. The number of hydrogen-bond donors (Lipinski definition) is 1. The van der Waals surface area contributed by atoms with E-state index in [0.717, 1.165) is 32.4 Å². The molecular weight excluding hydrogens is 202 g/mol. The van der Waals surface area contributed by atoms with Gasteiger partial charge in [-0.15, -0.1) is 0 Å². The predicted octanol–water partition coefficient (Wildman–Crippen LogP) is 0.891. The van der Waals surface area contributed by atoms with Crippen LogP contribution in [0.25, 0.3) is 0 Å². The molecule has 0 aromatic rings. The Kier molecular flexibility index (Phi) is 3.15. The van der Waals surface area contributed by atoms with Gasteiger partial charge in [-0.1, -0.05) is 0 Å². The van der Waals surface area contributed by atoms with Gasteiger partial charge < -0.3 is 10.2 Å². The first-order chi connectivity index (χ1) is 7.67. The number of hydrogen-bond acceptors (Lipinski definition) is 3. The molecule has 16 heavy (non-hydrogen) atoms. The summed E-state index contributed by atoms with van der Waals surface area (Å²) in [5.74, 6) is 0.246. The van der Waals surface area contributed by atoms with Crippen molar-refractivity contribution in [3.05, 3.63) is 0 Å². The average molecular weight is 221 g/mol. The fourth-order valence-corrected chi connectivity index (χ4v) is 2.35. The fraction of sp³-hybridized carbons (Fsp3) is 0.833. The highest BCUT2D eigenvalue weighted by Gasteiger charge is 2.43. The Labute approximate surface area is 96.6 Å². The van der Waals surface area contributed by atoms with Gasteiger partial charge in [-0.3, -0.25) is 4.79 Å². The van der Waals surface area contributed by atoms with E-state index in [0.29, 0.717) is 19.0 Å². The summed E-state index contributed by atoms with van der Waals surface area (Å²) in [5, 5.41) is 11.9. The van der Waals surface area contributed by atoms with Gasteiger partial charge in [0.25, 0.3) is 0 Å². The summed E-state index contributed by atoms with van der Waals surface area (Å²) >= 11 is 0. The van der Waals surface area contributed by atoms with Crippen LogP contribution in [0.4, 0.5) is 0 Å². The smallest absolute Gasteiger partial charge is 0.230 e. The van der Waals surface area contributed by atoms with E-state index in [9.17, 15) is 4.79 Å². The number of carbonyl (C=O) groups is 1. The Balaban J connectivity index is 2.01. The lowest BCUT2D eigenvalue weighted by Crippen LogP contribution is -2.45. The van der Waals surface area contributed by atoms with Gasteiger partial charge in [0, 0.05) is 19.1 Å². The molecule has 2 rings (SSSR count).